The maximum Gasteiger partial charge on any atom is 0.287 e. The molecule has 0 spiro atoms. The number of hydrogen-bond donors (Lipinski definition) is 2. The highest BCUT2D eigenvalue weighted by Gasteiger charge is 2.29. The lowest BCUT2D eigenvalue weighted by Crippen LogP contribution is -2.53. The van der Waals surface area contributed by atoms with E-state index < -0.39 is 6.10 Å². The maximum atomic E-state index is 12.3. The third-order valence-corrected chi connectivity index (χ3v) is 5.23. The van der Waals surface area contributed by atoms with E-state index in [0.29, 0.717) is 18.7 Å². The van der Waals surface area contributed by atoms with Gasteiger partial charge in [0, 0.05) is 25.0 Å². The minimum atomic E-state index is -0.595. The molecule has 2 aromatic heterocycles. The van der Waals surface area contributed by atoms with E-state index in [1.165, 1.54) is 0 Å². The Morgan fingerprint density at radius 2 is 2.46 bits per heavy atom. The Labute approximate surface area is 149 Å². The molecule has 2 aromatic rings. The molecule has 0 aliphatic carbocycles. The first-order chi connectivity index (χ1) is 11.7. The number of nitrogens with one attached hydrogen (secondary N) is 1. The van der Waals surface area contributed by atoms with Gasteiger partial charge in [0.05, 0.1) is 29.1 Å². The van der Waals surface area contributed by atoms with Crippen molar-refractivity contribution in [3.63, 3.8) is 0 Å². The first-order valence-corrected chi connectivity index (χ1v) is 10.2. The fraction of sp³-hybridized carbons (Fsp3) is 0.500. The summed E-state index contributed by atoms with van der Waals surface area (Å²) in [5, 5.41) is 15.3. The van der Waals surface area contributed by atoms with Gasteiger partial charge in [0.25, 0.3) is 5.91 Å². The molecule has 0 aromatic carbocycles. The van der Waals surface area contributed by atoms with Crippen molar-refractivity contribution in [1.29, 1.82) is 0 Å². The summed E-state index contributed by atoms with van der Waals surface area (Å²) in [5.74, 6) is 1.56. The standard InChI is InChI=1S/C16H21N3O3S2/c1-23-9-12-2-3-15(22-12)16(21)18-13-4-5-19(7-14(13)20)6-11-8-24-10-17-11/h2-3,8,10,13-14,20H,4-7,9H2,1H3,(H,18,21)/t13-,14-/m1/s1. The predicted molar refractivity (Wildman–Crippen MR) is 95.2 cm³/mol. The van der Waals surface area contributed by atoms with Gasteiger partial charge in [0.2, 0.25) is 0 Å². The first kappa shape index (κ1) is 17.5. The summed E-state index contributed by atoms with van der Waals surface area (Å²) < 4.78 is 5.52. The topological polar surface area (TPSA) is 78.6 Å². The molecule has 24 heavy (non-hydrogen) atoms. The van der Waals surface area contributed by atoms with Crippen LogP contribution in [0.15, 0.2) is 27.4 Å². The molecule has 130 valence electrons. The van der Waals surface area contributed by atoms with Gasteiger partial charge >= 0.3 is 0 Å². The molecule has 6 nitrogen and oxygen atoms in total. The zero-order valence-corrected chi connectivity index (χ0v) is 15.1. The van der Waals surface area contributed by atoms with Crippen molar-refractivity contribution >= 4 is 29.0 Å². The minimum absolute atomic E-state index is 0.252. The molecule has 3 rings (SSSR count). The molecular formula is C16H21N3O3S2. The summed E-state index contributed by atoms with van der Waals surface area (Å²) in [7, 11) is 0. The van der Waals surface area contributed by atoms with Crippen molar-refractivity contribution in [2.75, 3.05) is 19.3 Å². The van der Waals surface area contributed by atoms with E-state index in [4.69, 9.17) is 4.42 Å². The number of piperidine rings is 1. The quantitative estimate of drug-likeness (QED) is 0.813. The maximum absolute atomic E-state index is 12.3. The number of nitrogens with zero attached hydrogens (tertiary/aromatic N) is 2. The van der Waals surface area contributed by atoms with Gasteiger partial charge in [-0.1, -0.05) is 0 Å². The minimum Gasteiger partial charge on any atom is -0.455 e. The third-order valence-electron chi connectivity index (χ3n) is 4.02. The van der Waals surface area contributed by atoms with Gasteiger partial charge in [0.15, 0.2) is 5.76 Å². The van der Waals surface area contributed by atoms with E-state index in [-0.39, 0.29) is 11.9 Å². The van der Waals surface area contributed by atoms with Crippen molar-refractivity contribution in [3.8, 4) is 0 Å². The lowest BCUT2D eigenvalue weighted by molar-refractivity contribution is 0.0339. The number of aromatic nitrogens is 1. The summed E-state index contributed by atoms with van der Waals surface area (Å²) in [6.07, 6.45) is 2.09. The first-order valence-electron chi connectivity index (χ1n) is 7.81. The normalized spacial score (nSPS) is 21.8. The van der Waals surface area contributed by atoms with Gasteiger partial charge in [-0.05, 0) is 24.8 Å². The van der Waals surface area contributed by atoms with Crippen LogP contribution >= 0.6 is 23.1 Å². The summed E-state index contributed by atoms with van der Waals surface area (Å²) in [4.78, 5) is 18.7. The zero-order valence-electron chi connectivity index (χ0n) is 13.5. The molecular weight excluding hydrogens is 346 g/mol. The highest BCUT2D eigenvalue weighted by Crippen LogP contribution is 2.17. The number of amides is 1. The lowest BCUT2D eigenvalue weighted by Gasteiger charge is -2.35. The Hall–Kier alpha value is -1.35. The number of aliphatic hydroxyl groups is 1. The average molecular weight is 367 g/mol. The Bertz CT molecular complexity index is 659. The van der Waals surface area contributed by atoms with Crippen molar-refractivity contribution in [2.45, 2.75) is 30.9 Å². The highest BCUT2D eigenvalue weighted by molar-refractivity contribution is 7.97. The Balaban J connectivity index is 1.51. The van der Waals surface area contributed by atoms with Crippen molar-refractivity contribution in [2.24, 2.45) is 0 Å². The van der Waals surface area contributed by atoms with Gasteiger partial charge in [-0.25, -0.2) is 4.98 Å². The van der Waals surface area contributed by atoms with E-state index >= 15 is 0 Å². The Morgan fingerprint density at radius 3 is 3.17 bits per heavy atom. The second-order valence-corrected chi connectivity index (χ2v) is 7.43. The molecule has 1 aliphatic heterocycles. The van der Waals surface area contributed by atoms with Crippen LogP contribution < -0.4 is 5.32 Å². The predicted octanol–water partition coefficient (Wildman–Crippen LogP) is 1.96. The van der Waals surface area contributed by atoms with Gasteiger partial charge < -0.3 is 14.8 Å². The van der Waals surface area contributed by atoms with Crippen molar-refractivity contribution in [3.05, 3.63) is 40.2 Å². The smallest absolute Gasteiger partial charge is 0.287 e. The molecule has 2 N–H and O–H groups in total. The zero-order chi connectivity index (χ0) is 16.9. The summed E-state index contributed by atoms with van der Waals surface area (Å²) >= 11 is 3.21. The number of thioether (sulfide) groups is 1. The number of β-amino-alcohol motifs (C(OH)–C–C–N with tert-alkyl or cyclic N) is 1. The molecule has 0 unspecified atom stereocenters. The second kappa shape index (κ2) is 8.15. The molecule has 1 fully saturated rings. The number of hydrogen-bond acceptors (Lipinski definition) is 7. The van der Waals surface area contributed by atoms with Crippen molar-refractivity contribution < 1.29 is 14.3 Å². The van der Waals surface area contributed by atoms with Crippen LogP contribution in [0.4, 0.5) is 0 Å². The van der Waals surface area contributed by atoms with Crippen LogP contribution in [0.1, 0.15) is 28.4 Å². The molecule has 2 atom stereocenters. The molecule has 1 aliphatic rings. The van der Waals surface area contributed by atoms with E-state index in [1.54, 1.807) is 29.2 Å². The molecule has 0 radical (unpaired) electrons. The van der Waals surface area contributed by atoms with Crippen LogP contribution in [0.2, 0.25) is 0 Å². The molecule has 1 amide bonds. The average Bonchev–Trinajstić information content (AvgIpc) is 3.22. The van der Waals surface area contributed by atoms with Crippen LogP contribution in [-0.4, -0.2) is 52.4 Å². The molecule has 3 heterocycles. The van der Waals surface area contributed by atoms with Crippen LogP contribution in [-0.2, 0) is 12.3 Å². The van der Waals surface area contributed by atoms with Gasteiger partial charge in [0.1, 0.15) is 5.76 Å². The van der Waals surface area contributed by atoms with Gasteiger partial charge in [-0.3, -0.25) is 9.69 Å². The van der Waals surface area contributed by atoms with E-state index in [0.717, 1.165) is 30.3 Å². The number of carbonyl (C=O) groups is 1. The number of furan rings is 1. The number of aliphatic hydroxyl groups excluding tert-OH is 1. The second-order valence-electron chi connectivity index (χ2n) is 5.85. The van der Waals surface area contributed by atoms with Crippen LogP contribution in [0, 0.1) is 0 Å². The fourth-order valence-corrected chi connectivity index (χ4v) is 3.80. The van der Waals surface area contributed by atoms with Crippen molar-refractivity contribution in [1.82, 2.24) is 15.2 Å². The highest BCUT2D eigenvalue weighted by atomic mass is 32.2. The Kier molecular flexibility index (Phi) is 5.94. The number of rotatable bonds is 6. The number of thiazole rings is 1. The van der Waals surface area contributed by atoms with E-state index in [2.05, 4.69) is 15.2 Å². The lowest BCUT2D eigenvalue weighted by atomic mass is 10.0. The summed E-state index contributed by atoms with van der Waals surface area (Å²) in [5.41, 5.74) is 2.83. The van der Waals surface area contributed by atoms with E-state index in [1.807, 2.05) is 23.2 Å². The van der Waals surface area contributed by atoms with Crippen LogP contribution in [0.5, 0.6) is 0 Å². The SMILES string of the molecule is CSCc1ccc(C(=O)N[C@@H]2CCN(Cc3cscn3)C[C@H]2O)o1. The van der Waals surface area contributed by atoms with Gasteiger partial charge in [-0.15, -0.1) is 11.3 Å². The molecule has 1 saturated heterocycles. The van der Waals surface area contributed by atoms with Gasteiger partial charge in [-0.2, -0.15) is 11.8 Å². The molecule has 0 bridgehead atoms. The van der Waals surface area contributed by atoms with Crippen LogP contribution in [0.25, 0.3) is 0 Å². The third kappa shape index (κ3) is 4.38. The fourth-order valence-electron chi connectivity index (χ4n) is 2.81. The Morgan fingerprint density at radius 1 is 1.58 bits per heavy atom. The molecule has 0 saturated carbocycles. The summed E-state index contributed by atoms with van der Waals surface area (Å²) in [6, 6.07) is 3.25. The van der Waals surface area contributed by atoms with E-state index in [9.17, 15) is 9.90 Å². The molecule has 8 heteroatoms. The monoisotopic (exact) mass is 367 g/mol. The van der Waals surface area contributed by atoms with Crippen LogP contribution in [0.3, 0.4) is 0 Å². The summed E-state index contributed by atoms with van der Waals surface area (Å²) in [6.45, 7) is 2.07. The largest absolute Gasteiger partial charge is 0.455 e. The number of likely N-dealkylation sites (tertiary alicyclic amines) is 1. The number of carbonyl (C=O) groups excluding carboxylic acids is 1.